The van der Waals surface area contributed by atoms with Crippen molar-refractivity contribution in [2.24, 2.45) is 0 Å². The molecule has 0 spiro atoms. The number of carbonyl (C=O) groups is 2. The first-order valence-electron chi connectivity index (χ1n) is 14.0. The van der Waals surface area contributed by atoms with Crippen molar-refractivity contribution in [3.63, 3.8) is 0 Å². The maximum Gasteiger partial charge on any atom is 0.435 e. The molecule has 0 radical (unpaired) electrons. The molecule has 5 rings (SSSR count). The van der Waals surface area contributed by atoms with E-state index in [0.717, 1.165) is 31.1 Å². The number of hydrogen-bond donors (Lipinski definition) is 4. The molecule has 1 aliphatic heterocycles. The SMILES string of the molecule is CCc1cc(Nc2nccn3c(-c4cn(CC(F)F)nc4C(F)(F)F)cnc23)ccc1C(=O)NCCNC(=O)[C@@H]1CCCN1. The molecule has 4 aromatic rings. The number of aryl methyl sites for hydroxylation is 1. The monoisotopic (exact) mass is 619 g/mol. The first-order chi connectivity index (χ1) is 21.0. The van der Waals surface area contributed by atoms with E-state index in [1.54, 1.807) is 18.2 Å². The minimum Gasteiger partial charge on any atom is -0.353 e. The van der Waals surface area contributed by atoms with E-state index in [1.165, 1.54) is 23.0 Å². The molecule has 16 heteroatoms. The number of imidazole rings is 1. The highest BCUT2D eigenvalue weighted by atomic mass is 19.4. The van der Waals surface area contributed by atoms with Crippen molar-refractivity contribution >= 4 is 29.0 Å². The van der Waals surface area contributed by atoms with Crippen LogP contribution in [0.3, 0.4) is 0 Å². The van der Waals surface area contributed by atoms with Crippen LogP contribution in [0.2, 0.25) is 0 Å². The van der Waals surface area contributed by atoms with Crippen LogP contribution in [0.4, 0.5) is 33.5 Å². The molecular weight excluding hydrogens is 589 g/mol. The number of carbonyl (C=O) groups excluding carboxylic acids is 2. The second-order valence-corrected chi connectivity index (χ2v) is 10.2. The third-order valence-electron chi connectivity index (χ3n) is 7.14. The molecule has 44 heavy (non-hydrogen) atoms. The predicted octanol–water partition coefficient (Wildman–Crippen LogP) is 3.78. The van der Waals surface area contributed by atoms with E-state index in [0.29, 0.717) is 28.9 Å². The zero-order chi connectivity index (χ0) is 31.4. The van der Waals surface area contributed by atoms with E-state index < -0.39 is 30.4 Å². The minimum absolute atomic E-state index is 0.00440. The Morgan fingerprint density at radius 2 is 1.95 bits per heavy atom. The van der Waals surface area contributed by atoms with E-state index in [1.807, 2.05) is 6.92 Å². The highest BCUT2D eigenvalue weighted by molar-refractivity contribution is 5.96. The van der Waals surface area contributed by atoms with Gasteiger partial charge in [-0.15, -0.1) is 0 Å². The van der Waals surface area contributed by atoms with Crippen LogP contribution in [-0.4, -0.2) is 68.1 Å². The van der Waals surface area contributed by atoms with Crippen LogP contribution in [0.25, 0.3) is 16.9 Å². The second kappa shape index (κ2) is 13.0. The summed E-state index contributed by atoms with van der Waals surface area (Å²) >= 11 is 0. The van der Waals surface area contributed by atoms with E-state index in [4.69, 9.17) is 0 Å². The number of anilines is 2. The molecule has 0 bridgehead atoms. The van der Waals surface area contributed by atoms with Gasteiger partial charge in [0.15, 0.2) is 17.2 Å². The van der Waals surface area contributed by atoms with Gasteiger partial charge in [0, 0.05) is 42.9 Å². The third kappa shape index (κ3) is 6.79. The standard InChI is InChI=1S/C28H30F5N9O2/c1-2-16-12-17(5-6-18(16)26(43)36-8-9-37-27(44)20-4-3-7-34-20)39-24-25-38-13-21(42(25)11-10-35-24)19-14-41(15-22(29)30)40-23(19)28(31,32)33/h5-6,10-14,20,22,34H,2-4,7-9,15H2,1H3,(H,35,39)(H,36,43)(H,37,44)/t20-/m0/s1. The maximum absolute atomic E-state index is 13.7. The Kier molecular flexibility index (Phi) is 9.08. The first-order valence-corrected chi connectivity index (χ1v) is 14.0. The maximum atomic E-state index is 13.7. The van der Waals surface area contributed by atoms with Crippen LogP contribution in [-0.2, 0) is 23.9 Å². The Balaban J connectivity index is 1.31. The molecule has 1 atom stereocenters. The summed E-state index contributed by atoms with van der Waals surface area (Å²) in [6.07, 6.45) is -0.617. The summed E-state index contributed by atoms with van der Waals surface area (Å²) in [6, 6.07) is 4.86. The summed E-state index contributed by atoms with van der Waals surface area (Å²) in [4.78, 5) is 33.5. The van der Waals surface area contributed by atoms with Gasteiger partial charge in [-0.3, -0.25) is 18.7 Å². The van der Waals surface area contributed by atoms with Crippen molar-refractivity contribution in [2.75, 3.05) is 25.0 Å². The fourth-order valence-electron chi connectivity index (χ4n) is 5.07. The van der Waals surface area contributed by atoms with Crippen molar-refractivity contribution in [3.8, 4) is 11.3 Å². The molecule has 0 aliphatic carbocycles. The molecule has 0 saturated carbocycles. The number of halogens is 5. The topological polar surface area (TPSA) is 130 Å². The van der Waals surface area contributed by atoms with Crippen molar-refractivity contribution in [1.82, 2.24) is 40.1 Å². The smallest absolute Gasteiger partial charge is 0.353 e. The van der Waals surface area contributed by atoms with Gasteiger partial charge in [-0.2, -0.15) is 18.3 Å². The van der Waals surface area contributed by atoms with E-state index in [-0.39, 0.29) is 41.6 Å². The molecule has 3 aromatic heterocycles. The molecule has 234 valence electrons. The van der Waals surface area contributed by atoms with Crippen molar-refractivity contribution in [3.05, 3.63) is 59.8 Å². The van der Waals surface area contributed by atoms with Crippen LogP contribution >= 0.6 is 0 Å². The van der Waals surface area contributed by atoms with E-state index in [2.05, 4.69) is 36.3 Å². The minimum atomic E-state index is -4.88. The molecule has 4 heterocycles. The summed E-state index contributed by atoms with van der Waals surface area (Å²) in [6.45, 7) is 2.26. The number of benzene rings is 1. The summed E-state index contributed by atoms with van der Waals surface area (Å²) in [5.41, 5.74) is 0.213. The predicted molar refractivity (Wildman–Crippen MR) is 151 cm³/mol. The lowest BCUT2D eigenvalue weighted by atomic mass is 10.0. The van der Waals surface area contributed by atoms with Gasteiger partial charge in [-0.25, -0.2) is 18.7 Å². The Morgan fingerprint density at radius 3 is 2.66 bits per heavy atom. The summed E-state index contributed by atoms with van der Waals surface area (Å²) in [5.74, 6) is -0.163. The average molecular weight is 620 g/mol. The molecular formula is C28H30F5N9O2. The summed E-state index contributed by atoms with van der Waals surface area (Å²) < 4.78 is 68.9. The van der Waals surface area contributed by atoms with Gasteiger partial charge in [0.25, 0.3) is 12.3 Å². The Bertz CT molecular complexity index is 1640. The van der Waals surface area contributed by atoms with Gasteiger partial charge in [0.1, 0.15) is 6.54 Å². The number of rotatable bonds is 11. The fraction of sp³-hybridized carbons (Fsp3) is 0.393. The van der Waals surface area contributed by atoms with Crippen molar-refractivity contribution < 1.29 is 31.5 Å². The van der Waals surface area contributed by atoms with Gasteiger partial charge in [-0.05, 0) is 49.6 Å². The fourth-order valence-corrected chi connectivity index (χ4v) is 5.07. The largest absolute Gasteiger partial charge is 0.435 e. The summed E-state index contributed by atoms with van der Waals surface area (Å²) in [5, 5.41) is 15.2. The number of fused-ring (bicyclic) bond motifs is 1. The number of alkyl halides is 5. The number of amides is 2. The molecule has 1 saturated heterocycles. The Hall–Kier alpha value is -4.60. The molecule has 0 unspecified atom stereocenters. The van der Waals surface area contributed by atoms with Crippen LogP contribution in [0, 0.1) is 0 Å². The number of nitrogens with one attached hydrogen (secondary N) is 4. The van der Waals surface area contributed by atoms with Gasteiger partial charge in [0.05, 0.1) is 23.5 Å². The average Bonchev–Trinajstić information content (AvgIpc) is 3.75. The number of aromatic nitrogens is 5. The quantitative estimate of drug-likeness (QED) is 0.149. The second-order valence-electron chi connectivity index (χ2n) is 10.2. The van der Waals surface area contributed by atoms with Gasteiger partial charge in [0.2, 0.25) is 5.91 Å². The normalized spacial score (nSPS) is 15.2. The highest BCUT2D eigenvalue weighted by Gasteiger charge is 2.38. The lowest BCUT2D eigenvalue weighted by Crippen LogP contribution is -2.43. The molecule has 4 N–H and O–H groups in total. The van der Waals surface area contributed by atoms with E-state index >= 15 is 0 Å². The Morgan fingerprint density at radius 1 is 1.16 bits per heavy atom. The van der Waals surface area contributed by atoms with Crippen LogP contribution in [0.15, 0.2) is 43.0 Å². The molecule has 1 aliphatic rings. The molecule has 1 aromatic carbocycles. The van der Waals surface area contributed by atoms with Crippen LogP contribution < -0.4 is 21.3 Å². The Labute approximate surface area is 248 Å². The highest BCUT2D eigenvalue weighted by Crippen LogP contribution is 2.37. The number of hydrogen-bond acceptors (Lipinski definition) is 7. The van der Waals surface area contributed by atoms with Gasteiger partial charge >= 0.3 is 6.18 Å². The zero-order valence-electron chi connectivity index (χ0n) is 23.6. The van der Waals surface area contributed by atoms with Crippen molar-refractivity contribution in [1.29, 1.82) is 0 Å². The van der Waals surface area contributed by atoms with E-state index in [9.17, 15) is 31.5 Å². The lowest BCUT2D eigenvalue weighted by Gasteiger charge is -2.14. The molecule has 2 amide bonds. The molecule has 1 fully saturated rings. The third-order valence-corrected chi connectivity index (χ3v) is 7.14. The first kappa shape index (κ1) is 30.8. The summed E-state index contributed by atoms with van der Waals surface area (Å²) in [7, 11) is 0. The number of nitrogens with zero attached hydrogens (tertiary/aromatic N) is 5. The van der Waals surface area contributed by atoms with Gasteiger partial charge < -0.3 is 21.3 Å². The lowest BCUT2D eigenvalue weighted by molar-refractivity contribution is -0.141. The zero-order valence-corrected chi connectivity index (χ0v) is 23.6. The van der Waals surface area contributed by atoms with Crippen LogP contribution in [0.5, 0.6) is 0 Å². The van der Waals surface area contributed by atoms with Crippen LogP contribution in [0.1, 0.15) is 41.4 Å². The molecule has 11 nitrogen and oxygen atoms in total. The van der Waals surface area contributed by atoms with Crippen molar-refractivity contribution in [2.45, 2.75) is 51.4 Å². The van der Waals surface area contributed by atoms with Gasteiger partial charge in [-0.1, -0.05) is 6.92 Å².